The standard InChI is InChI=1S/C23H19ClFN3O3/c1-14-22(29)28(13-15-5-2-3-8-19(15)25)20-12-18(9-10-21(20)31-14)27-23(30)26-17-7-4-6-16(24)11-17/h2-12,14H,13H2,1H3,(H2,26,27,30). The molecule has 4 rings (SSSR count). The number of rotatable bonds is 4. The Morgan fingerprint density at radius 1 is 1.06 bits per heavy atom. The number of nitrogens with one attached hydrogen (secondary N) is 2. The smallest absolute Gasteiger partial charge is 0.323 e. The number of carbonyl (C=O) groups is 2. The van der Waals surface area contributed by atoms with Crippen LogP contribution < -0.4 is 20.3 Å². The van der Waals surface area contributed by atoms with Crippen LogP contribution in [-0.4, -0.2) is 18.0 Å². The normalized spacial score (nSPS) is 15.1. The van der Waals surface area contributed by atoms with Gasteiger partial charge in [-0.15, -0.1) is 0 Å². The monoisotopic (exact) mass is 439 g/mol. The number of hydrogen-bond donors (Lipinski definition) is 2. The molecule has 3 aromatic rings. The summed E-state index contributed by atoms with van der Waals surface area (Å²) in [5.41, 5.74) is 1.82. The number of fused-ring (bicyclic) bond motifs is 1. The van der Waals surface area contributed by atoms with Gasteiger partial charge in [0.2, 0.25) is 0 Å². The highest BCUT2D eigenvalue weighted by Crippen LogP contribution is 2.37. The summed E-state index contributed by atoms with van der Waals surface area (Å²) in [6.45, 7) is 1.69. The highest BCUT2D eigenvalue weighted by molar-refractivity contribution is 6.30. The van der Waals surface area contributed by atoms with E-state index < -0.39 is 18.0 Å². The second kappa shape index (κ2) is 8.65. The van der Waals surface area contributed by atoms with E-state index in [1.54, 1.807) is 67.6 Å². The van der Waals surface area contributed by atoms with Crippen molar-refractivity contribution >= 4 is 40.6 Å². The highest BCUT2D eigenvalue weighted by atomic mass is 35.5. The van der Waals surface area contributed by atoms with Crippen molar-refractivity contribution in [3.8, 4) is 5.75 Å². The fraction of sp³-hybridized carbons (Fsp3) is 0.130. The van der Waals surface area contributed by atoms with E-state index >= 15 is 0 Å². The van der Waals surface area contributed by atoms with Gasteiger partial charge >= 0.3 is 6.03 Å². The molecule has 3 aromatic carbocycles. The number of carbonyl (C=O) groups excluding carboxylic acids is 2. The fourth-order valence-corrected chi connectivity index (χ4v) is 3.49. The quantitative estimate of drug-likeness (QED) is 0.568. The van der Waals surface area contributed by atoms with Gasteiger partial charge in [-0.1, -0.05) is 35.9 Å². The summed E-state index contributed by atoms with van der Waals surface area (Å²) in [7, 11) is 0. The van der Waals surface area contributed by atoms with Crippen molar-refractivity contribution in [1.82, 2.24) is 0 Å². The van der Waals surface area contributed by atoms with E-state index in [-0.39, 0.29) is 12.5 Å². The van der Waals surface area contributed by atoms with Gasteiger partial charge in [-0.2, -0.15) is 0 Å². The largest absolute Gasteiger partial charge is 0.479 e. The van der Waals surface area contributed by atoms with Crippen molar-refractivity contribution in [1.29, 1.82) is 0 Å². The zero-order chi connectivity index (χ0) is 22.0. The lowest BCUT2D eigenvalue weighted by molar-refractivity contribution is -0.125. The minimum atomic E-state index is -0.704. The van der Waals surface area contributed by atoms with Crippen LogP contribution in [0, 0.1) is 5.82 Å². The zero-order valence-corrected chi connectivity index (χ0v) is 17.3. The van der Waals surface area contributed by atoms with E-state index in [0.29, 0.717) is 33.4 Å². The molecule has 31 heavy (non-hydrogen) atoms. The zero-order valence-electron chi connectivity index (χ0n) is 16.6. The molecule has 1 aliphatic rings. The van der Waals surface area contributed by atoms with Crippen LogP contribution in [0.1, 0.15) is 12.5 Å². The maximum absolute atomic E-state index is 14.2. The molecule has 0 aliphatic carbocycles. The molecular formula is C23H19ClFN3O3. The van der Waals surface area contributed by atoms with Crippen LogP contribution in [0.2, 0.25) is 5.02 Å². The average Bonchev–Trinajstić information content (AvgIpc) is 2.73. The van der Waals surface area contributed by atoms with Crippen molar-refractivity contribution in [2.24, 2.45) is 0 Å². The molecule has 1 aliphatic heterocycles. The molecule has 2 N–H and O–H groups in total. The lowest BCUT2D eigenvalue weighted by Crippen LogP contribution is -2.44. The Morgan fingerprint density at radius 3 is 2.55 bits per heavy atom. The summed E-state index contributed by atoms with van der Waals surface area (Å²) in [5.74, 6) is -0.216. The Hall–Kier alpha value is -3.58. The van der Waals surface area contributed by atoms with Crippen LogP contribution in [0.15, 0.2) is 66.7 Å². The van der Waals surface area contributed by atoms with Crippen LogP contribution in [0.4, 0.5) is 26.2 Å². The number of amides is 3. The van der Waals surface area contributed by atoms with Crippen molar-refractivity contribution < 1.29 is 18.7 Å². The number of halogens is 2. The minimum absolute atomic E-state index is 0.0460. The summed E-state index contributed by atoms with van der Waals surface area (Å²) in [6, 6.07) is 17.5. The van der Waals surface area contributed by atoms with Gasteiger partial charge in [-0.25, -0.2) is 9.18 Å². The molecule has 0 saturated heterocycles. The maximum atomic E-state index is 14.2. The lowest BCUT2D eigenvalue weighted by Gasteiger charge is -2.33. The Bertz CT molecular complexity index is 1150. The molecule has 1 atom stereocenters. The highest BCUT2D eigenvalue weighted by Gasteiger charge is 2.32. The second-order valence-electron chi connectivity index (χ2n) is 7.05. The van der Waals surface area contributed by atoms with Gasteiger partial charge in [0.05, 0.1) is 12.2 Å². The molecule has 158 valence electrons. The molecule has 0 fully saturated rings. The topological polar surface area (TPSA) is 70.7 Å². The van der Waals surface area contributed by atoms with Crippen LogP contribution >= 0.6 is 11.6 Å². The summed E-state index contributed by atoms with van der Waals surface area (Å²) in [4.78, 5) is 26.6. The molecule has 0 aromatic heterocycles. The average molecular weight is 440 g/mol. The lowest BCUT2D eigenvalue weighted by atomic mass is 10.1. The van der Waals surface area contributed by atoms with Gasteiger partial charge in [0.1, 0.15) is 11.6 Å². The number of benzene rings is 3. The van der Waals surface area contributed by atoms with Gasteiger partial charge in [0.25, 0.3) is 5.91 Å². The summed E-state index contributed by atoms with van der Waals surface area (Å²) < 4.78 is 19.9. The van der Waals surface area contributed by atoms with E-state index in [2.05, 4.69) is 10.6 Å². The third kappa shape index (κ3) is 4.62. The van der Waals surface area contributed by atoms with Crippen LogP contribution in [0.3, 0.4) is 0 Å². The van der Waals surface area contributed by atoms with E-state index in [0.717, 1.165) is 0 Å². The molecule has 0 spiro atoms. The number of anilines is 3. The Kier molecular flexibility index (Phi) is 5.77. The van der Waals surface area contributed by atoms with Crippen LogP contribution in [-0.2, 0) is 11.3 Å². The van der Waals surface area contributed by atoms with Crippen LogP contribution in [0.25, 0.3) is 0 Å². The van der Waals surface area contributed by atoms with Gasteiger partial charge in [0, 0.05) is 22.0 Å². The Morgan fingerprint density at radius 2 is 1.81 bits per heavy atom. The Labute approximate surface area is 183 Å². The molecule has 0 saturated carbocycles. The van der Waals surface area contributed by atoms with Crippen molar-refractivity contribution in [2.75, 3.05) is 15.5 Å². The van der Waals surface area contributed by atoms with Crippen molar-refractivity contribution in [2.45, 2.75) is 19.6 Å². The predicted octanol–water partition coefficient (Wildman–Crippen LogP) is 5.44. The first kappa shape index (κ1) is 20.7. The molecule has 1 heterocycles. The van der Waals surface area contributed by atoms with Gasteiger partial charge in [-0.3, -0.25) is 4.79 Å². The molecule has 8 heteroatoms. The van der Waals surface area contributed by atoms with Gasteiger partial charge < -0.3 is 20.3 Å². The predicted molar refractivity (Wildman–Crippen MR) is 118 cm³/mol. The number of ether oxygens (including phenoxy) is 1. The maximum Gasteiger partial charge on any atom is 0.323 e. The first-order valence-corrected chi connectivity index (χ1v) is 9.97. The number of nitrogens with zero attached hydrogens (tertiary/aromatic N) is 1. The van der Waals surface area contributed by atoms with Gasteiger partial charge in [-0.05, 0) is 49.4 Å². The molecule has 0 radical (unpaired) electrons. The second-order valence-corrected chi connectivity index (χ2v) is 7.48. The molecule has 0 bridgehead atoms. The first-order valence-electron chi connectivity index (χ1n) is 9.60. The summed E-state index contributed by atoms with van der Waals surface area (Å²) in [5, 5.41) is 5.91. The van der Waals surface area contributed by atoms with E-state index in [9.17, 15) is 14.0 Å². The third-order valence-corrected chi connectivity index (χ3v) is 5.03. The van der Waals surface area contributed by atoms with Crippen LogP contribution in [0.5, 0.6) is 5.75 Å². The third-order valence-electron chi connectivity index (χ3n) is 4.79. The fourth-order valence-electron chi connectivity index (χ4n) is 3.30. The first-order chi connectivity index (χ1) is 14.9. The molecular weight excluding hydrogens is 421 g/mol. The van der Waals surface area contributed by atoms with Crippen molar-refractivity contribution in [3.05, 3.63) is 83.1 Å². The van der Waals surface area contributed by atoms with E-state index in [4.69, 9.17) is 16.3 Å². The SMILES string of the molecule is CC1Oc2ccc(NC(=O)Nc3cccc(Cl)c3)cc2N(Cc2ccccc2F)C1=O. The van der Waals surface area contributed by atoms with E-state index in [1.807, 2.05) is 0 Å². The van der Waals surface area contributed by atoms with E-state index in [1.165, 1.54) is 11.0 Å². The Balaban J connectivity index is 1.58. The number of urea groups is 1. The molecule has 6 nitrogen and oxygen atoms in total. The molecule has 1 unspecified atom stereocenters. The number of hydrogen-bond acceptors (Lipinski definition) is 3. The van der Waals surface area contributed by atoms with Gasteiger partial charge in [0.15, 0.2) is 6.10 Å². The van der Waals surface area contributed by atoms with Crippen molar-refractivity contribution in [3.63, 3.8) is 0 Å². The summed E-state index contributed by atoms with van der Waals surface area (Å²) >= 11 is 5.94. The molecule has 3 amide bonds. The minimum Gasteiger partial charge on any atom is -0.479 e. The summed E-state index contributed by atoms with van der Waals surface area (Å²) in [6.07, 6.45) is -0.704.